The first-order valence-electron chi connectivity index (χ1n) is 9.70. The summed E-state index contributed by atoms with van der Waals surface area (Å²) in [5, 5.41) is 1.69. The highest BCUT2D eigenvalue weighted by Crippen LogP contribution is 2.32. The minimum Gasteiger partial charge on any atom is -0.482 e. The lowest BCUT2D eigenvalue weighted by Gasteiger charge is -2.32. The highest BCUT2D eigenvalue weighted by atomic mass is 32.2. The number of rotatable bonds is 4. The molecule has 0 aromatic heterocycles. The molecular formula is C20H21N3O6S. The van der Waals surface area contributed by atoms with Crippen LogP contribution in [0.15, 0.2) is 18.2 Å². The number of piperidine rings is 1. The zero-order valence-corrected chi connectivity index (χ0v) is 17.2. The van der Waals surface area contributed by atoms with Crippen molar-refractivity contribution in [2.75, 3.05) is 32.1 Å². The lowest BCUT2D eigenvalue weighted by Crippen LogP contribution is -2.42. The van der Waals surface area contributed by atoms with Crippen LogP contribution in [0, 0.1) is 5.92 Å². The molecule has 0 unspecified atom stereocenters. The molecule has 0 bridgehead atoms. The predicted octanol–water partition coefficient (Wildman–Crippen LogP) is 1.52. The number of ketones is 1. The van der Waals surface area contributed by atoms with Crippen molar-refractivity contribution < 1.29 is 28.7 Å². The van der Waals surface area contributed by atoms with Gasteiger partial charge in [0.15, 0.2) is 12.4 Å². The number of nitrogens with one attached hydrogen (secondary N) is 1. The molecule has 0 radical (unpaired) electrons. The summed E-state index contributed by atoms with van der Waals surface area (Å²) in [5.41, 5.74) is 0.988. The van der Waals surface area contributed by atoms with Crippen molar-refractivity contribution in [2.24, 2.45) is 5.92 Å². The fraction of sp³-hybridized carbons (Fsp3) is 0.450. The van der Waals surface area contributed by atoms with Crippen LogP contribution < -0.4 is 10.1 Å². The number of nitrogens with zero attached hydrogens (tertiary/aromatic N) is 2. The van der Waals surface area contributed by atoms with Crippen LogP contribution in [0.2, 0.25) is 0 Å². The monoisotopic (exact) mass is 431 g/mol. The van der Waals surface area contributed by atoms with Crippen molar-refractivity contribution in [3.05, 3.63) is 23.8 Å². The molecule has 30 heavy (non-hydrogen) atoms. The molecule has 158 valence electrons. The second kappa shape index (κ2) is 8.10. The van der Waals surface area contributed by atoms with Crippen LogP contribution in [0.3, 0.4) is 0 Å². The second-order valence-electron chi connectivity index (χ2n) is 7.54. The van der Waals surface area contributed by atoms with Gasteiger partial charge in [0.25, 0.3) is 11.1 Å². The van der Waals surface area contributed by atoms with Gasteiger partial charge in [0, 0.05) is 38.0 Å². The number of amides is 4. The van der Waals surface area contributed by atoms with E-state index in [4.69, 9.17) is 4.74 Å². The third-order valence-corrected chi connectivity index (χ3v) is 6.73. The number of likely N-dealkylation sites (tertiary alicyclic amines) is 1. The molecule has 3 heterocycles. The molecule has 1 atom stereocenters. The Morgan fingerprint density at radius 2 is 1.93 bits per heavy atom. The number of carbonyl (C=O) groups is 5. The Labute approximate surface area is 177 Å². The summed E-state index contributed by atoms with van der Waals surface area (Å²) in [7, 11) is 1.41. The zero-order valence-electron chi connectivity index (χ0n) is 16.4. The number of anilines is 1. The van der Waals surface area contributed by atoms with Gasteiger partial charge in [0.05, 0.1) is 5.69 Å². The van der Waals surface area contributed by atoms with Gasteiger partial charge in [-0.05, 0) is 31.0 Å². The smallest absolute Gasteiger partial charge is 0.288 e. The maximum absolute atomic E-state index is 12.9. The fourth-order valence-corrected chi connectivity index (χ4v) is 4.81. The number of thioether (sulfide) groups is 1. The van der Waals surface area contributed by atoms with Gasteiger partial charge in [-0.25, -0.2) is 0 Å². The Balaban J connectivity index is 1.33. The zero-order chi connectivity index (χ0) is 21.4. The molecule has 3 aliphatic heterocycles. The van der Waals surface area contributed by atoms with Crippen molar-refractivity contribution in [1.82, 2.24) is 9.80 Å². The molecular weight excluding hydrogens is 410 g/mol. The number of hydrogen-bond acceptors (Lipinski definition) is 7. The summed E-state index contributed by atoms with van der Waals surface area (Å²) in [6, 6.07) is 4.99. The van der Waals surface area contributed by atoms with Crippen LogP contribution in [-0.2, 0) is 14.4 Å². The molecule has 2 fully saturated rings. The fourth-order valence-electron chi connectivity index (χ4n) is 3.84. The van der Waals surface area contributed by atoms with Crippen LogP contribution in [0.5, 0.6) is 5.75 Å². The Morgan fingerprint density at radius 1 is 1.20 bits per heavy atom. The SMILES string of the molecule is CN1C(=O)S[C@H](CC(=O)N2CCC(C(=O)c3ccc4c(c3)NC(=O)CO4)CC2)C1=O. The van der Waals surface area contributed by atoms with Crippen molar-refractivity contribution in [3.63, 3.8) is 0 Å². The largest absolute Gasteiger partial charge is 0.482 e. The number of benzene rings is 1. The van der Waals surface area contributed by atoms with E-state index in [-0.39, 0.29) is 47.7 Å². The van der Waals surface area contributed by atoms with Gasteiger partial charge in [-0.1, -0.05) is 11.8 Å². The van der Waals surface area contributed by atoms with E-state index in [0.29, 0.717) is 42.9 Å². The van der Waals surface area contributed by atoms with Crippen molar-refractivity contribution >= 4 is 46.2 Å². The van der Waals surface area contributed by atoms with E-state index in [1.165, 1.54) is 7.05 Å². The van der Waals surface area contributed by atoms with Crippen LogP contribution in [0.1, 0.15) is 29.6 Å². The Kier molecular flexibility index (Phi) is 5.50. The van der Waals surface area contributed by atoms with Crippen LogP contribution in [-0.4, -0.2) is 70.5 Å². The molecule has 0 spiro atoms. The molecule has 1 N–H and O–H groups in total. The summed E-state index contributed by atoms with van der Waals surface area (Å²) >= 11 is 0.884. The van der Waals surface area contributed by atoms with Gasteiger partial charge < -0.3 is 15.0 Å². The predicted molar refractivity (Wildman–Crippen MR) is 108 cm³/mol. The lowest BCUT2D eigenvalue weighted by molar-refractivity contribution is -0.135. The topological polar surface area (TPSA) is 113 Å². The van der Waals surface area contributed by atoms with Crippen molar-refractivity contribution in [1.29, 1.82) is 0 Å². The Bertz CT molecular complexity index is 940. The maximum Gasteiger partial charge on any atom is 0.288 e. The maximum atomic E-state index is 12.9. The van der Waals surface area contributed by atoms with Gasteiger partial charge in [0.1, 0.15) is 11.0 Å². The quantitative estimate of drug-likeness (QED) is 0.719. The summed E-state index contributed by atoms with van der Waals surface area (Å²) in [5.74, 6) is -0.489. The molecule has 0 aliphatic carbocycles. The van der Waals surface area contributed by atoms with E-state index in [1.807, 2.05) is 0 Å². The summed E-state index contributed by atoms with van der Waals surface area (Å²) in [4.78, 5) is 63.2. The lowest BCUT2D eigenvalue weighted by atomic mass is 9.88. The number of hydrogen-bond donors (Lipinski definition) is 1. The third-order valence-electron chi connectivity index (χ3n) is 5.60. The second-order valence-corrected chi connectivity index (χ2v) is 8.69. The molecule has 0 saturated carbocycles. The Hall–Kier alpha value is -2.88. The van der Waals surface area contributed by atoms with Gasteiger partial charge in [-0.2, -0.15) is 0 Å². The van der Waals surface area contributed by atoms with Crippen molar-refractivity contribution in [3.8, 4) is 5.75 Å². The molecule has 10 heteroatoms. The van der Waals surface area contributed by atoms with Crippen LogP contribution in [0.4, 0.5) is 10.5 Å². The molecule has 4 amide bonds. The first kappa shape index (κ1) is 20.4. The molecule has 2 saturated heterocycles. The van der Waals surface area contributed by atoms with Gasteiger partial charge in [-0.3, -0.25) is 28.9 Å². The van der Waals surface area contributed by atoms with E-state index in [0.717, 1.165) is 16.7 Å². The number of carbonyl (C=O) groups excluding carboxylic acids is 5. The van der Waals surface area contributed by atoms with Crippen molar-refractivity contribution in [2.45, 2.75) is 24.5 Å². The third kappa shape index (κ3) is 3.91. The number of imide groups is 1. The summed E-state index contributed by atoms with van der Waals surface area (Å²) in [6.07, 6.45) is 1.03. The first-order chi connectivity index (χ1) is 14.3. The standard InChI is InChI=1S/C20H21N3O6S/c1-22-19(27)15(30-20(22)28)9-17(25)23-6-4-11(5-7-23)18(26)12-2-3-14-13(8-12)21-16(24)10-29-14/h2-3,8,11,15H,4-7,9-10H2,1H3,(H,21,24)/t15-/m1/s1. The number of Topliss-reactive ketones (excluding diaryl/α,β-unsaturated/α-hetero) is 1. The average Bonchev–Trinajstić information content (AvgIpc) is 2.99. The first-order valence-corrected chi connectivity index (χ1v) is 10.6. The van der Waals surface area contributed by atoms with E-state index < -0.39 is 5.25 Å². The molecule has 9 nitrogen and oxygen atoms in total. The average molecular weight is 431 g/mol. The minimum absolute atomic E-state index is 0.0112. The summed E-state index contributed by atoms with van der Waals surface area (Å²) in [6.45, 7) is 0.812. The van der Waals surface area contributed by atoms with E-state index in [1.54, 1.807) is 23.1 Å². The molecule has 4 rings (SSSR count). The van der Waals surface area contributed by atoms with E-state index in [2.05, 4.69) is 5.32 Å². The van der Waals surface area contributed by atoms with E-state index >= 15 is 0 Å². The molecule has 1 aromatic carbocycles. The van der Waals surface area contributed by atoms with E-state index in [9.17, 15) is 24.0 Å². The minimum atomic E-state index is -0.665. The number of fused-ring (bicyclic) bond motifs is 1. The van der Waals surface area contributed by atoms with Gasteiger partial charge in [-0.15, -0.1) is 0 Å². The van der Waals surface area contributed by atoms with Gasteiger partial charge >= 0.3 is 0 Å². The highest BCUT2D eigenvalue weighted by Gasteiger charge is 2.39. The molecule has 1 aromatic rings. The summed E-state index contributed by atoms with van der Waals surface area (Å²) < 4.78 is 5.31. The Morgan fingerprint density at radius 3 is 2.60 bits per heavy atom. The molecule has 3 aliphatic rings. The highest BCUT2D eigenvalue weighted by molar-refractivity contribution is 8.15. The van der Waals surface area contributed by atoms with Crippen LogP contribution >= 0.6 is 11.8 Å². The van der Waals surface area contributed by atoms with Crippen LogP contribution in [0.25, 0.3) is 0 Å². The van der Waals surface area contributed by atoms with Gasteiger partial charge in [0.2, 0.25) is 11.8 Å². The normalized spacial score (nSPS) is 21.9. The number of ether oxygens (including phenoxy) is 1.